The second kappa shape index (κ2) is 11.0. The average Bonchev–Trinajstić information content (AvgIpc) is 3.32. The number of nitrogens with zero attached hydrogens (tertiary/aromatic N) is 3. The lowest BCUT2D eigenvalue weighted by Gasteiger charge is -2.32. The molecule has 0 saturated heterocycles. The molecule has 0 radical (unpaired) electrons. The van der Waals surface area contributed by atoms with E-state index in [4.69, 9.17) is 10.00 Å². The smallest absolute Gasteiger partial charge is 0.310 e. The molecule has 7 nitrogen and oxygen atoms in total. The normalized spacial score (nSPS) is 19.1. The molecule has 7 heteroatoms. The van der Waals surface area contributed by atoms with Crippen molar-refractivity contribution in [2.45, 2.75) is 38.5 Å². The number of nitriles is 1. The van der Waals surface area contributed by atoms with Gasteiger partial charge in [-0.2, -0.15) is 5.26 Å². The molecule has 0 N–H and O–H groups in total. The second-order valence-electron chi connectivity index (χ2n) is 8.76. The summed E-state index contributed by atoms with van der Waals surface area (Å²) in [5.74, 6) is -1.90. The van der Waals surface area contributed by atoms with E-state index in [0.29, 0.717) is 25.1 Å². The molecular weight excluding hydrogens is 430 g/mol. The summed E-state index contributed by atoms with van der Waals surface area (Å²) in [5, 5.41) is 8.96. The van der Waals surface area contributed by atoms with Crippen LogP contribution in [0.5, 0.6) is 0 Å². The van der Waals surface area contributed by atoms with Crippen molar-refractivity contribution < 1.29 is 19.1 Å². The molecule has 176 valence electrons. The van der Waals surface area contributed by atoms with Crippen LogP contribution in [0.15, 0.2) is 54.6 Å². The summed E-state index contributed by atoms with van der Waals surface area (Å²) in [6.07, 6.45) is 3.96. The van der Waals surface area contributed by atoms with E-state index >= 15 is 0 Å². The highest BCUT2D eigenvalue weighted by Crippen LogP contribution is 2.36. The molecule has 2 amide bonds. The van der Waals surface area contributed by atoms with E-state index in [0.717, 1.165) is 30.5 Å². The number of para-hydroxylation sites is 2. The predicted molar refractivity (Wildman–Crippen MR) is 128 cm³/mol. The monoisotopic (exact) mass is 459 g/mol. The first kappa shape index (κ1) is 23.5. The lowest BCUT2D eigenvalue weighted by Crippen LogP contribution is -2.43. The zero-order valence-corrected chi connectivity index (χ0v) is 19.2. The summed E-state index contributed by atoms with van der Waals surface area (Å²) in [5.41, 5.74) is 2.73. The molecule has 1 aliphatic carbocycles. The molecule has 4 rings (SSSR count). The first-order chi connectivity index (χ1) is 16.6. The maximum absolute atomic E-state index is 13.4. The number of amides is 2. The highest BCUT2D eigenvalue weighted by atomic mass is 16.5. The number of ether oxygens (including phenoxy) is 1. The van der Waals surface area contributed by atoms with Gasteiger partial charge in [0.2, 0.25) is 5.91 Å². The first-order valence-electron chi connectivity index (χ1n) is 11.9. The van der Waals surface area contributed by atoms with Gasteiger partial charge in [0, 0.05) is 24.5 Å². The Kier molecular flexibility index (Phi) is 7.58. The number of carbonyl (C=O) groups is 3. The fraction of sp³-hybridized carbons (Fsp3) is 0.407. The van der Waals surface area contributed by atoms with Crippen LogP contribution in [-0.2, 0) is 25.5 Å². The lowest BCUT2D eigenvalue weighted by molar-refractivity contribution is -0.156. The van der Waals surface area contributed by atoms with E-state index in [1.807, 2.05) is 48.5 Å². The van der Waals surface area contributed by atoms with Gasteiger partial charge in [-0.15, -0.1) is 0 Å². The van der Waals surface area contributed by atoms with Gasteiger partial charge in [0.25, 0.3) is 5.91 Å². The van der Waals surface area contributed by atoms with Crippen molar-refractivity contribution in [3.05, 3.63) is 60.2 Å². The zero-order chi connectivity index (χ0) is 23.9. The maximum Gasteiger partial charge on any atom is 0.310 e. The third kappa shape index (κ3) is 5.12. The van der Waals surface area contributed by atoms with Crippen molar-refractivity contribution in [3.8, 4) is 6.07 Å². The van der Waals surface area contributed by atoms with Gasteiger partial charge in [-0.05, 0) is 43.0 Å². The van der Waals surface area contributed by atoms with Crippen LogP contribution >= 0.6 is 0 Å². The van der Waals surface area contributed by atoms with E-state index in [2.05, 4.69) is 0 Å². The van der Waals surface area contributed by atoms with Crippen molar-refractivity contribution in [1.82, 2.24) is 0 Å². The number of benzene rings is 2. The second-order valence-corrected chi connectivity index (χ2v) is 8.76. The van der Waals surface area contributed by atoms with Crippen molar-refractivity contribution in [2.75, 3.05) is 29.5 Å². The van der Waals surface area contributed by atoms with Gasteiger partial charge in [0.15, 0.2) is 6.61 Å². The van der Waals surface area contributed by atoms with Crippen LogP contribution < -0.4 is 9.80 Å². The SMILES string of the molecule is N#CCCN(C(=O)COC(=O)[C@@H]1CCCC[C@H]1C(=O)N1CCc2ccccc21)c1ccccc1. The van der Waals surface area contributed by atoms with Gasteiger partial charge in [-0.1, -0.05) is 49.2 Å². The molecule has 0 bridgehead atoms. The largest absolute Gasteiger partial charge is 0.455 e. The van der Waals surface area contributed by atoms with Crippen molar-refractivity contribution >= 4 is 29.2 Å². The molecule has 0 unspecified atom stereocenters. The van der Waals surface area contributed by atoms with Crippen LogP contribution in [0.4, 0.5) is 11.4 Å². The van der Waals surface area contributed by atoms with Crippen LogP contribution in [-0.4, -0.2) is 37.5 Å². The minimum atomic E-state index is -0.550. The van der Waals surface area contributed by atoms with E-state index in [-0.39, 0.29) is 24.8 Å². The summed E-state index contributed by atoms with van der Waals surface area (Å²) in [6.45, 7) is 0.429. The summed E-state index contributed by atoms with van der Waals surface area (Å²) >= 11 is 0. The summed E-state index contributed by atoms with van der Waals surface area (Å²) in [7, 11) is 0. The van der Waals surface area contributed by atoms with E-state index in [1.54, 1.807) is 17.0 Å². The third-order valence-electron chi connectivity index (χ3n) is 6.69. The summed E-state index contributed by atoms with van der Waals surface area (Å²) < 4.78 is 5.45. The predicted octanol–water partition coefficient (Wildman–Crippen LogP) is 3.87. The van der Waals surface area contributed by atoms with E-state index in [1.165, 1.54) is 4.90 Å². The number of anilines is 2. The minimum absolute atomic E-state index is 0.0298. The molecule has 2 aromatic carbocycles. The topological polar surface area (TPSA) is 90.7 Å². The number of fused-ring (bicyclic) bond motifs is 1. The van der Waals surface area contributed by atoms with Crippen LogP contribution in [0.3, 0.4) is 0 Å². The number of rotatable bonds is 7. The lowest BCUT2D eigenvalue weighted by atomic mass is 9.78. The average molecular weight is 460 g/mol. The van der Waals surface area contributed by atoms with Gasteiger partial charge in [0.1, 0.15) is 0 Å². The molecule has 0 aromatic heterocycles. The van der Waals surface area contributed by atoms with Gasteiger partial charge >= 0.3 is 5.97 Å². The maximum atomic E-state index is 13.4. The van der Waals surface area contributed by atoms with Gasteiger partial charge in [0.05, 0.1) is 24.3 Å². The summed E-state index contributed by atoms with van der Waals surface area (Å²) in [4.78, 5) is 42.6. The summed E-state index contributed by atoms with van der Waals surface area (Å²) in [6, 6.07) is 18.9. The molecule has 1 aliphatic heterocycles. The quantitative estimate of drug-likeness (QED) is 0.586. The number of carbonyl (C=O) groups excluding carboxylic acids is 3. The Morgan fingerprint density at radius 3 is 2.47 bits per heavy atom. The molecule has 1 fully saturated rings. The van der Waals surface area contributed by atoms with Crippen molar-refractivity contribution in [1.29, 1.82) is 5.26 Å². The van der Waals surface area contributed by atoms with Crippen LogP contribution in [0, 0.1) is 23.2 Å². The fourth-order valence-corrected chi connectivity index (χ4v) is 4.96. The Labute approximate surface area is 199 Å². The Balaban J connectivity index is 1.41. The van der Waals surface area contributed by atoms with Gasteiger partial charge in [-0.25, -0.2) is 0 Å². The molecule has 2 atom stereocenters. The molecule has 2 aromatic rings. The third-order valence-corrected chi connectivity index (χ3v) is 6.69. The Hall–Kier alpha value is -3.66. The van der Waals surface area contributed by atoms with Crippen LogP contribution in [0.25, 0.3) is 0 Å². The molecular formula is C27H29N3O4. The molecule has 0 spiro atoms. The van der Waals surface area contributed by atoms with Gasteiger partial charge < -0.3 is 14.5 Å². The number of esters is 1. The van der Waals surface area contributed by atoms with E-state index in [9.17, 15) is 14.4 Å². The van der Waals surface area contributed by atoms with Crippen LogP contribution in [0.2, 0.25) is 0 Å². The van der Waals surface area contributed by atoms with E-state index < -0.39 is 24.4 Å². The van der Waals surface area contributed by atoms with Gasteiger partial charge in [-0.3, -0.25) is 14.4 Å². The first-order valence-corrected chi connectivity index (χ1v) is 11.9. The molecule has 1 saturated carbocycles. The fourth-order valence-electron chi connectivity index (χ4n) is 4.96. The van der Waals surface area contributed by atoms with Crippen molar-refractivity contribution in [3.63, 3.8) is 0 Å². The highest BCUT2D eigenvalue weighted by Gasteiger charge is 2.40. The zero-order valence-electron chi connectivity index (χ0n) is 19.2. The van der Waals surface area contributed by atoms with Crippen molar-refractivity contribution in [2.24, 2.45) is 11.8 Å². The number of hydrogen-bond donors (Lipinski definition) is 0. The molecule has 34 heavy (non-hydrogen) atoms. The minimum Gasteiger partial charge on any atom is -0.455 e. The van der Waals surface area contributed by atoms with Crippen LogP contribution in [0.1, 0.15) is 37.7 Å². The Bertz CT molecular complexity index is 1080. The number of hydrogen-bond acceptors (Lipinski definition) is 5. The highest BCUT2D eigenvalue weighted by molar-refractivity contribution is 5.99. The standard InChI is InChI=1S/C27H29N3O4/c28-16-8-17-29(21-10-2-1-3-11-21)25(31)19-34-27(33)23-13-6-5-12-22(23)26(32)30-18-15-20-9-4-7-14-24(20)30/h1-4,7,9-11,14,22-23H,5-6,8,12-13,15,17-19H2/t22-,23-/m1/s1. The molecule has 1 heterocycles. The molecule has 2 aliphatic rings. The Morgan fingerprint density at radius 2 is 1.71 bits per heavy atom. The Morgan fingerprint density at radius 1 is 1.00 bits per heavy atom.